The number of carbonyl (C=O) groups is 3. The maximum absolute atomic E-state index is 11.8. The van der Waals surface area contributed by atoms with E-state index in [0.717, 1.165) is 25.7 Å². The third-order valence-corrected chi connectivity index (χ3v) is 3.85. The highest BCUT2D eigenvalue weighted by Crippen LogP contribution is 2.17. The van der Waals surface area contributed by atoms with E-state index in [-0.39, 0.29) is 6.04 Å². The van der Waals surface area contributed by atoms with Gasteiger partial charge in [0.2, 0.25) is 0 Å². The van der Waals surface area contributed by atoms with Gasteiger partial charge in [0.05, 0.1) is 12.7 Å². The average Bonchev–Trinajstić information content (AvgIpc) is 2.60. The second-order valence-electron chi connectivity index (χ2n) is 5.66. The first-order valence-electron chi connectivity index (χ1n) is 8.00. The molecule has 3 amide bonds. The van der Waals surface area contributed by atoms with Crippen molar-refractivity contribution in [2.75, 3.05) is 13.7 Å². The molecule has 130 valence electrons. The number of methoxy groups -OCH3 is 1. The number of imide groups is 1. The third kappa shape index (κ3) is 5.57. The molecule has 1 saturated carbocycles. The normalized spacial score (nSPS) is 14.5. The van der Waals surface area contributed by atoms with Gasteiger partial charge in [0.1, 0.15) is 5.75 Å². The molecular formula is C17H22N2O5. The molecule has 1 aromatic carbocycles. The van der Waals surface area contributed by atoms with E-state index >= 15 is 0 Å². The number of amides is 3. The van der Waals surface area contributed by atoms with Crippen molar-refractivity contribution in [3.8, 4) is 5.75 Å². The lowest BCUT2D eigenvalue weighted by molar-refractivity contribution is -0.123. The standard InChI is InChI=1S/C17H22N2O5/c1-23-14-9-7-12(8-10-14)16(21)24-11-15(20)19-17(22)18-13-5-3-2-4-6-13/h7-10,13H,2-6,11H2,1H3,(H2,18,19,20,22). The molecule has 0 aliphatic heterocycles. The van der Waals surface area contributed by atoms with Gasteiger partial charge in [-0.2, -0.15) is 0 Å². The minimum absolute atomic E-state index is 0.105. The molecule has 0 aromatic heterocycles. The quantitative estimate of drug-likeness (QED) is 0.804. The fraction of sp³-hybridized carbons (Fsp3) is 0.471. The summed E-state index contributed by atoms with van der Waals surface area (Å²) >= 11 is 0. The zero-order valence-electron chi connectivity index (χ0n) is 13.7. The maximum Gasteiger partial charge on any atom is 0.338 e. The Labute approximate surface area is 140 Å². The van der Waals surface area contributed by atoms with Crippen molar-refractivity contribution in [3.05, 3.63) is 29.8 Å². The molecule has 2 rings (SSSR count). The Morgan fingerprint density at radius 1 is 1.08 bits per heavy atom. The minimum Gasteiger partial charge on any atom is -0.497 e. The monoisotopic (exact) mass is 334 g/mol. The van der Waals surface area contributed by atoms with Crippen LogP contribution < -0.4 is 15.4 Å². The Balaban J connectivity index is 1.71. The predicted molar refractivity (Wildman–Crippen MR) is 86.8 cm³/mol. The first-order chi connectivity index (χ1) is 11.6. The van der Waals surface area contributed by atoms with Crippen LogP contribution in [0, 0.1) is 0 Å². The highest BCUT2D eigenvalue weighted by molar-refractivity contribution is 5.97. The van der Waals surface area contributed by atoms with Crippen LogP contribution in [0.5, 0.6) is 5.75 Å². The molecule has 0 heterocycles. The van der Waals surface area contributed by atoms with E-state index in [9.17, 15) is 14.4 Å². The molecule has 24 heavy (non-hydrogen) atoms. The van der Waals surface area contributed by atoms with Crippen LogP contribution in [0.4, 0.5) is 4.79 Å². The summed E-state index contributed by atoms with van der Waals surface area (Å²) in [5.41, 5.74) is 0.301. The number of urea groups is 1. The van der Waals surface area contributed by atoms with Crippen molar-refractivity contribution in [1.29, 1.82) is 0 Å². The molecule has 7 heteroatoms. The van der Waals surface area contributed by atoms with Crippen molar-refractivity contribution >= 4 is 17.9 Å². The Hall–Kier alpha value is -2.57. The molecular weight excluding hydrogens is 312 g/mol. The third-order valence-electron chi connectivity index (χ3n) is 3.85. The zero-order valence-corrected chi connectivity index (χ0v) is 13.7. The predicted octanol–water partition coefficient (Wildman–Crippen LogP) is 2.01. The van der Waals surface area contributed by atoms with Crippen LogP contribution in [0.3, 0.4) is 0 Å². The number of rotatable bonds is 5. The second kappa shape index (κ2) is 8.90. The molecule has 1 aliphatic carbocycles. The van der Waals surface area contributed by atoms with Gasteiger partial charge in [-0.3, -0.25) is 10.1 Å². The largest absolute Gasteiger partial charge is 0.497 e. The average molecular weight is 334 g/mol. The van der Waals surface area contributed by atoms with Crippen LogP contribution in [0.25, 0.3) is 0 Å². The van der Waals surface area contributed by atoms with E-state index in [4.69, 9.17) is 9.47 Å². The van der Waals surface area contributed by atoms with Crippen LogP contribution in [-0.2, 0) is 9.53 Å². The number of hydrogen-bond acceptors (Lipinski definition) is 5. The van der Waals surface area contributed by atoms with Gasteiger partial charge in [-0.1, -0.05) is 19.3 Å². The van der Waals surface area contributed by atoms with Gasteiger partial charge in [-0.25, -0.2) is 9.59 Å². The molecule has 1 aliphatic rings. The molecule has 0 saturated heterocycles. The summed E-state index contributed by atoms with van der Waals surface area (Å²) in [6.45, 7) is -0.511. The van der Waals surface area contributed by atoms with E-state index in [1.807, 2.05) is 0 Å². The van der Waals surface area contributed by atoms with E-state index < -0.39 is 24.5 Å². The molecule has 0 radical (unpaired) electrons. The summed E-state index contributed by atoms with van der Waals surface area (Å²) in [6.07, 6.45) is 5.19. The number of nitrogens with one attached hydrogen (secondary N) is 2. The highest BCUT2D eigenvalue weighted by atomic mass is 16.5. The van der Waals surface area contributed by atoms with Crippen molar-refractivity contribution in [2.24, 2.45) is 0 Å². The lowest BCUT2D eigenvalue weighted by atomic mass is 9.96. The molecule has 1 aromatic rings. The van der Waals surface area contributed by atoms with Gasteiger partial charge in [-0.05, 0) is 37.1 Å². The van der Waals surface area contributed by atoms with Gasteiger partial charge in [0.15, 0.2) is 6.61 Å². The zero-order chi connectivity index (χ0) is 17.4. The fourth-order valence-electron chi connectivity index (χ4n) is 2.57. The van der Waals surface area contributed by atoms with Gasteiger partial charge < -0.3 is 14.8 Å². The van der Waals surface area contributed by atoms with Gasteiger partial charge >= 0.3 is 12.0 Å². The minimum atomic E-state index is -0.662. The summed E-state index contributed by atoms with van der Waals surface area (Å²) in [7, 11) is 1.52. The Morgan fingerprint density at radius 2 is 1.75 bits per heavy atom. The summed E-state index contributed by atoms with van der Waals surface area (Å²) in [6, 6.07) is 5.87. The van der Waals surface area contributed by atoms with Crippen LogP contribution >= 0.6 is 0 Å². The first-order valence-corrected chi connectivity index (χ1v) is 8.00. The van der Waals surface area contributed by atoms with Gasteiger partial charge in [0.25, 0.3) is 5.91 Å². The summed E-state index contributed by atoms with van der Waals surface area (Å²) in [4.78, 5) is 35.2. The van der Waals surface area contributed by atoms with E-state index in [2.05, 4.69) is 10.6 Å². The summed E-state index contributed by atoms with van der Waals surface area (Å²) in [5, 5.41) is 4.92. The van der Waals surface area contributed by atoms with Crippen LogP contribution in [0.1, 0.15) is 42.5 Å². The number of ether oxygens (including phenoxy) is 2. The van der Waals surface area contributed by atoms with E-state index in [1.54, 1.807) is 12.1 Å². The lowest BCUT2D eigenvalue weighted by Crippen LogP contribution is -2.46. The molecule has 0 spiro atoms. The summed E-state index contributed by atoms with van der Waals surface area (Å²) in [5.74, 6) is -0.686. The molecule has 0 bridgehead atoms. The number of carbonyl (C=O) groups excluding carboxylic acids is 3. The smallest absolute Gasteiger partial charge is 0.338 e. The van der Waals surface area contributed by atoms with Crippen molar-refractivity contribution in [3.63, 3.8) is 0 Å². The Bertz CT molecular complexity index is 579. The highest BCUT2D eigenvalue weighted by Gasteiger charge is 2.17. The van der Waals surface area contributed by atoms with Crippen LogP contribution in [0.2, 0.25) is 0 Å². The SMILES string of the molecule is COc1ccc(C(=O)OCC(=O)NC(=O)NC2CCCCC2)cc1. The van der Waals surface area contributed by atoms with Crippen molar-refractivity contribution < 1.29 is 23.9 Å². The summed E-state index contributed by atoms with van der Waals surface area (Å²) < 4.78 is 9.87. The topological polar surface area (TPSA) is 93.7 Å². The first kappa shape index (κ1) is 17.8. The van der Waals surface area contributed by atoms with Crippen molar-refractivity contribution in [2.45, 2.75) is 38.1 Å². The van der Waals surface area contributed by atoms with E-state index in [0.29, 0.717) is 11.3 Å². The van der Waals surface area contributed by atoms with Gasteiger partial charge in [0, 0.05) is 6.04 Å². The van der Waals surface area contributed by atoms with Crippen LogP contribution in [-0.4, -0.2) is 37.7 Å². The Kier molecular flexibility index (Phi) is 6.60. The van der Waals surface area contributed by atoms with Crippen LogP contribution in [0.15, 0.2) is 24.3 Å². The second-order valence-corrected chi connectivity index (χ2v) is 5.66. The van der Waals surface area contributed by atoms with E-state index in [1.165, 1.54) is 25.7 Å². The van der Waals surface area contributed by atoms with Crippen molar-refractivity contribution in [1.82, 2.24) is 10.6 Å². The van der Waals surface area contributed by atoms with Gasteiger partial charge in [-0.15, -0.1) is 0 Å². The number of hydrogen-bond donors (Lipinski definition) is 2. The molecule has 2 N–H and O–H groups in total. The number of esters is 1. The molecule has 1 fully saturated rings. The molecule has 0 atom stereocenters. The maximum atomic E-state index is 11.8. The molecule has 7 nitrogen and oxygen atoms in total. The lowest BCUT2D eigenvalue weighted by Gasteiger charge is -2.22. The number of benzene rings is 1. The molecule has 0 unspecified atom stereocenters. The Morgan fingerprint density at radius 3 is 2.38 bits per heavy atom. The fourth-order valence-corrected chi connectivity index (χ4v) is 2.57.